The molecule has 0 spiro atoms. The number of hydrogen-bond donors (Lipinski definition) is 2. The van der Waals surface area contributed by atoms with Crippen LogP contribution in [0.5, 0.6) is 5.75 Å². The zero-order valence-corrected chi connectivity index (χ0v) is 15.7. The lowest BCUT2D eigenvalue weighted by Gasteiger charge is -2.65. The molecular weight excluding hydrogens is 340 g/mol. The number of phenolic OH excluding ortho intramolecular Hbond substituents is 1. The Balaban J connectivity index is 1.73. The highest BCUT2D eigenvalue weighted by molar-refractivity contribution is 5.85. The van der Waals surface area contributed by atoms with Crippen LogP contribution in [0.25, 0.3) is 0 Å². The maximum absolute atomic E-state index is 12.8. The second kappa shape index (κ2) is 5.56. The highest BCUT2D eigenvalue weighted by atomic mass is 16.3. The van der Waals surface area contributed by atoms with E-state index >= 15 is 0 Å². The van der Waals surface area contributed by atoms with Gasteiger partial charge in [0.1, 0.15) is 17.6 Å². The summed E-state index contributed by atoms with van der Waals surface area (Å²) in [6.45, 7) is 3.76. The monoisotopic (exact) mass is 366 g/mol. The molecule has 1 aliphatic heterocycles. The molecule has 5 rings (SSSR count). The predicted octanol–water partition coefficient (Wildman–Crippen LogP) is 2.27. The van der Waals surface area contributed by atoms with Gasteiger partial charge >= 0.3 is 0 Å². The van der Waals surface area contributed by atoms with Crippen LogP contribution in [0.2, 0.25) is 0 Å². The van der Waals surface area contributed by atoms with Gasteiger partial charge in [-0.2, -0.15) is 5.26 Å². The molecule has 0 aromatic heterocycles. The second-order valence-electron chi connectivity index (χ2n) is 9.10. The maximum Gasteiger partial charge on any atom is 0.137 e. The molecule has 4 atom stereocenters. The first kappa shape index (κ1) is 17.2. The van der Waals surface area contributed by atoms with Gasteiger partial charge in [-0.1, -0.05) is 13.0 Å². The standard InChI is InChI=1S/C22H26N2O3/c1-13-17(25)6-7-22(27)18-10-15-4-5-16(11-23)20(26)19(15)21(13,22)8-9-24(18)12-14-2-3-14/h4-5,13-14,18,26-27H,2-3,6-10,12H2,1H3/t13?,18?,21-,22-/m1/s1. The minimum atomic E-state index is -1.04. The molecule has 1 saturated heterocycles. The second-order valence-corrected chi connectivity index (χ2v) is 9.10. The number of phenols is 1. The Bertz CT molecular complexity index is 871. The van der Waals surface area contributed by atoms with E-state index in [2.05, 4.69) is 11.0 Å². The fraction of sp³-hybridized carbons (Fsp3) is 0.636. The number of rotatable bonds is 2. The van der Waals surface area contributed by atoms with E-state index in [-0.39, 0.29) is 29.1 Å². The minimum Gasteiger partial charge on any atom is -0.506 e. The first-order valence-corrected chi connectivity index (χ1v) is 10.2. The van der Waals surface area contributed by atoms with E-state index in [1.807, 2.05) is 13.0 Å². The summed E-state index contributed by atoms with van der Waals surface area (Å²) in [6.07, 6.45) is 4.68. The molecule has 5 heteroatoms. The number of carbonyl (C=O) groups excluding carboxylic acids is 1. The lowest BCUT2D eigenvalue weighted by molar-refractivity contribution is -0.187. The van der Waals surface area contributed by atoms with Crippen LogP contribution in [0.15, 0.2) is 12.1 Å². The summed E-state index contributed by atoms with van der Waals surface area (Å²) in [7, 11) is 0. The molecule has 3 aliphatic carbocycles. The number of carbonyl (C=O) groups is 1. The van der Waals surface area contributed by atoms with Gasteiger partial charge < -0.3 is 10.2 Å². The third kappa shape index (κ3) is 2.09. The number of ketones is 1. The zero-order valence-electron chi connectivity index (χ0n) is 15.7. The van der Waals surface area contributed by atoms with Crippen LogP contribution in [0.3, 0.4) is 0 Å². The fourth-order valence-electron chi connectivity index (χ4n) is 6.38. The molecular formula is C22H26N2O3. The molecule has 1 aromatic carbocycles. The molecule has 2 bridgehead atoms. The van der Waals surface area contributed by atoms with Crippen LogP contribution >= 0.6 is 0 Å². The lowest BCUT2D eigenvalue weighted by atomic mass is 9.45. The van der Waals surface area contributed by atoms with Gasteiger partial charge in [-0.25, -0.2) is 0 Å². The van der Waals surface area contributed by atoms with Crippen molar-refractivity contribution in [2.45, 2.75) is 62.5 Å². The number of nitrogens with zero attached hydrogens (tertiary/aromatic N) is 2. The van der Waals surface area contributed by atoms with Crippen molar-refractivity contribution in [3.63, 3.8) is 0 Å². The van der Waals surface area contributed by atoms with Gasteiger partial charge in [0.2, 0.25) is 0 Å². The van der Waals surface area contributed by atoms with Crippen LogP contribution in [-0.4, -0.2) is 45.6 Å². The number of benzene rings is 1. The molecule has 3 fully saturated rings. The molecule has 5 nitrogen and oxygen atoms in total. The third-order valence-electron chi connectivity index (χ3n) is 7.97. The highest BCUT2D eigenvalue weighted by Gasteiger charge is 2.68. The number of piperidine rings is 1. The van der Waals surface area contributed by atoms with Crippen molar-refractivity contribution in [2.75, 3.05) is 13.1 Å². The van der Waals surface area contributed by atoms with E-state index in [0.717, 1.165) is 24.6 Å². The van der Waals surface area contributed by atoms with E-state index < -0.39 is 11.0 Å². The fourth-order valence-corrected chi connectivity index (χ4v) is 6.38. The number of Topliss-reactive ketones (excluding diaryl/α,β-unsaturated/α-hetero) is 1. The summed E-state index contributed by atoms with van der Waals surface area (Å²) in [5, 5.41) is 32.5. The SMILES string of the molecule is CC1C(=O)CC[C@@]2(O)C3Cc4ccc(C#N)c(O)c4[C@@]12CCN3CC1CC1. The van der Waals surface area contributed by atoms with Gasteiger partial charge in [-0.15, -0.1) is 0 Å². The number of nitriles is 1. The minimum absolute atomic E-state index is 0.0240. The summed E-state index contributed by atoms with van der Waals surface area (Å²) in [5.41, 5.74) is 0.0635. The highest BCUT2D eigenvalue weighted by Crippen LogP contribution is 2.61. The first-order chi connectivity index (χ1) is 12.9. The summed E-state index contributed by atoms with van der Waals surface area (Å²) in [6, 6.07) is 5.64. The molecule has 2 N–H and O–H groups in total. The van der Waals surface area contributed by atoms with Gasteiger partial charge in [0.25, 0.3) is 0 Å². The van der Waals surface area contributed by atoms with Crippen molar-refractivity contribution in [3.05, 3.63) is 28.8 Å². The molecule has 0 radical (unpaired) electrons. The van der Waals surface area contributed by atoms with Crippen molar-refractivity contribution < 1.29 is 15.0 Å². The summed E-state index contributed by atoms with van der Waals surface area (Å²) >= 11 is 0. The quantitative estimate of drug-likeness (QED) is 0.839. The van der Waals surface area contributed by atoms with Crippen molar-refractivity contribution in [1.29, 1.82) is 5.26 Å². The molecule has 1 aromatic rings. The smallest absolute Gasteiger partial charge is 0.137 e. The Morgan fingerprint density at radius 1 is 1.33 bits per heavy atom. The van der Waals surface area contributed by atoms with Crippen LogP contribution in [0, 0.1) is 23.2 Å². The van der Waals surface area contributed by atoms with E-state index in [0.29, 0.717) is 31.2 Å². The van der Waals surface area contributed by atoms with Crippen molar-refractivity contribution >= 4 is 5.78 Å². The molecule has 0 amide bonds. The molecule has 142 valence electrons. The van der Waals surface area contributed by atoms with Gasteiger partial charge in [0.15, 0.2) is 0 Å². The predicted molar refractivity (Wildman–Crippen MR) is 99.3 cm³/mol. The Hall–Kier alpha value is -1.90. The van der Waals surface area contributed by atoms with Crippen LogP contribution < -0.4 is 0 Å². The first-order valence-electron chi connectivity index (χ1n) is 10.2. The summed E-state index contributed by atoms with van der Waals surface area (Å²) in [5.74, 6) is 0.507. The van der Waals surface area contributed by atoms with Crippen LogP contribution in [0.4, 0.5) is 0 Å². The molecule has 2 unspecified atom stereocenters. The van der Waals surface area contributed by atoms with Crippen LogP contribution in [-0.2, 0) is 16.6 Å². The third-order valence-corrected chi connectivity index (χ3v) is 7.97. The van der Waals surface area contributed by atoms with Gasteiger partial charge in [-0.05, 0) is 56.2 Å². The lowest BCUT2D eigenvalue weighted by Crippen LogP contribution is -2.75. The topological polar surface area (TPSA) is 84.6 Å². The van der Waals surface area contributed by atoms with E-state index in [4.69, 9.17) is 0 Å². The number of fused-ring (bicyclic) bond motifs is 1. The average molecular weight is 366 g/mol. The summed E-state index contributed by atoms with van der Waals surface area (Å²) < 4.78 is 0. The normalized spacial score (nSPS) is 38.0. The Kier molecular flexibility index (Phi) is 3.54. The number of aromatic hydroxyl groups is 1. The molecule has 1 heterocycles. The number of aliphatic hydroxyl groups is 1. The Morgan fingerprint density at radius 2 is 2.11 bits per heavy atom. The molecule has 27 heavy (non-hydrogen) atoms. The van der Waals surface area contributed by atoms with Gasteiger partial charge in [-0.3, -0.25) is 9.69 Å². The summed E-state index contributed by atoms with van der Waals surface area (Å²) in [4.78, 5) is 15.2. The van der Waals surface area contributed by atoms with Crippen molar-refractivity contribution in [1.82, 2.24) is 4.90 Å². The van der Waals surface area contributed by atoms with Crippen molar-refractivity contribution in [2.24, 2.45) is 11.8 Å². The zero-order chi connectivity index (χ0) is 19.0. The van der Waals surface area contributed by atoms with E-state index in [1.54, 1.807) is 6.07 Å². The van der Waals surface area contributed by atoms with Gasteiger partial charge in [0.05, 0.1) is 11.2 Å². The van der Waals surface area contributed by atoms with Gasteiger partial charge in [0, 0.05) is 35.9 Å². The van der Waals surface area contributed by atoms with Crippen molar-refractivity contribution in [3.8, 4) is 11.8 Å². The largest absolute Gasteiger partial charge is 0.506 e. The Morgan fingerprint density at radius 3 is 2.81 bits per heavy atom. The number of likely N-dealkylation sites (tertiary alicyclic amines) is 1. The maximum atomic E-state index is 12.8. The average Bonchev–Trinajstić information content (AvgIpc) is 3.46. The molecule has 4 aliphatic rings. The Labute approximate surface area is 159 Å². The van der Waals surface area contributed by atoms with E-state index in [9.17, 15) is 20.3 Å². The van der Waals surface area contributed by atoms with E-state index in [1.165, 1.54) is 12.8 Å². The number of hydrogen-bond acceptors (Lipinski definition) is 5. The van der Waals surface area contributed by atoms with Crippen LogP contribution in [0.1, 0.15) is 55.7 Å². The molecule has 2 saturated carbocycles.